The van der Waals surface area contributed by atoms with Gasteiger partial charge in [-0.2, -0.15) is 5.10 Å². The Morgan fingerprint density at radius 3 is 2.40 bits per heavy atom. The molecule has 0 fully saturated rings. The van der Waals surface area contributed by atoms with Gasteiger partial charge in [-0.3, -0.25) is 0 Å². The lowest BCUT2D eigenvalue weighted by atomic mass is 10.1. The molecule has 3 rings (SSSR count). The summed E-state index contributed by atoms with van der Waals surface area (Å²) in [5, 5.41) is 7.79. The molecule has 6 heteroatoms. The zero-order chi connectivity index (χ0) is 17.8. The molecule has 0 radical (unpaired) electrons. The predicted molar refractivity (Wildman–Crippen MR) is 95.8 cm³/mol. The van der Waals surface area contributed by atoms with E-state index in [2.05, 4.69) is 15.2 Å². The maximum absolute atomic E-state index is 11.3. The maximum atomic E-state index is 11.3. The van der Waals surface area contributed by atoms with Crippen molar-refractivity contribution in [2.45, 2.75) is 13.8 Å². The standard InChI is InChI=1S/C19H19N3O3/c1-13-11-15(12-14(2)18(13)25-19(23)24-3)20-17-9-10-22(21-17)16-7-5-4-6-8-16/h4-12H,1-3H3,(H,20,21). The average Bonchev–Trinajstić information content (AvgIpc) is 3.07. The number of methoxy groups -OCH3 is 1. The Hall–Kier alpha value is -3.28. The fourth-order valence-corrected chi connectivity index (χ4v) is 2.57. The quantitative estimate of drug-likeness (QED) is 0.565. The van der Waals surface area contributed by atoms with E-state index in [0.29, 0.717) is 5.75 Å². The number of benzene rings is 2. The minimum absolute atomic E-state index is 0.507. The van der Waals surface area contributed by atoms with E-state index in [0.717, 1.165) is 28.3 Å². The van der Waals surface area contributed by atoms with Gasteiger partial charge in [0.15, 0.2) is 5.82 Å². The number of nitrogens with zero attached hydrogens (tertiary/aromatic N) is 2. The van der Waals surface area contributed by atoms with Gasteiger partial charge in [0.05, 0.1) is 12.8 Å². The summed E-state index contributed by atoms with van der Waals surface area (Å²) in [6, 6.07) is 15.6. The molecule has 1 N–H and O–H groups in total. The first-order valence-electron chi connectivity index (χ1n) is 7.82. The lowest BCUT2D eigenvalue weighted by Gasteiger charge is -2.12. The second-order valence-corrected chi connectivity index (χ2v) is 5.60. The predicted octanol–water partition coefficient (Wildman–Crippen LogP) is 4.38. The van der Waals surface area contributed by atoms with Crippen molar-refractivity contribution in [2.75, 3.05) is 12.4 Å². The number of hydrogen-bond donors (Lipinski definition) is 1. The highest BCUT2D eigenvalue weighted by atomic mass is 16.7. The van der Waals surface area contributed by atoms with Crippen LogP contribution in [-0.2, 0) is 4.74 Å². The summed E-state index contributed by atoms with van der Waals surface area (Å²) in [6.45, 7) is 3.75. The first-order chi connectivity index (χ1) is 12.1. The molecule has 1 aromatic heterocycles. The lowest BCUT2D eigenvalue weighted by Crippen LogP contribution is -2.09. The summed E-state index contributed by atoms with van der Waals surface area (Å²) < 4.78 is 11.5. The van der Waals surface area contributed by atoms with Crippen LogP contribution in [0, 0.1) is 13.8 Å². The van der Waals surface area contributed by atoms with Crippen molar-refractivity contribution < 1.29 is 14.3 Å². The highest BCUT2D eigenvalue weighted by Crippen LogP contribution is 2.29. The largest absolute Gasteiger partial charge is 0.513 e. The zero-order valence-corrected chi connectivity index (χ0v) is 14.3. The highest BCUT2D eigenvalue weighted by Gasteiger charge is 2.12. The molecule has 0 aliphatic carbocycles. The van der Waals surface area contributed by atoms with Crippen molar-refractivity contribution in [3.05, 3.63) is 65.9 Å². The van der Waals surface area contributed by atoms with Crippen LogP contribution in [-0.4, -0.2) is 23.0 Å². The number of hydrogen-bond acceptors (Lipinski definition) is 5. The number of rotatable bonds is 4. The fraction of sp³-hybridized carbons (Fsp3) is 0.158. The Balaban J connectivity index is 1.80. The summed E-state index contributed by atoms with van der Waals surface area (Å²) in [6.07, 6.45) is 1.17. The van der Waals surface area contributed by atoms with E-state index in [4.69, 9.17) is 4.74 Å². The Morgan fingerprint density at radius 2 is 1.76 bits per heavy atom. The number of aryl methyl sites for hydroxylation is 2. The normalized spacial score (nSPS) is 10.4. The van der Waals surface area contributed by atoms with Crippen LogP contribution in [0.5, 0.6) is 5.75 Å². The third-order valence-electron chi connectivity index (χ3n) is 3.69. The molecular formula is C19H19N3O3. The Labute approximate surface area is 146 Å². The van der Waals surface area contributed by atoms with Crippen LogP contribution in [0.1, 0.15) is 11.1 Å². The number of nitrogens with one attached hydrogen (secondary N) is 1. The van der Waals surface area contributed by atoms with Crippen molar-refractivity contribution in [3.63, 3.8) is 0 Å². The molecule has 6 nitrogen and oxygen atoms in total. The average molecular weight is 337 g/mol. The van der Waals surface area contributed by atoms with Crippen LogP contribution in [0.2, 0.25) is 0 Å². The second kappa shape index (κ2) is 7.09. The SMILES string of the molecule is COC(=O)Oc1c(C)cc(Nc2ccn(-c3ccccc3)n2)cc1C. The van der Waals surface area contributed by atoms with E-state index in [1.54, 1.807) is 4.68 Å². The number of para-hydroxylation sites is 1. The van der Waals surface area contributed by atoms with E-state index in [1.165, 1.54) is 7.11 Å². The Morgan fingerprint density at radius 1 is 1.08 bits per heavy atom. The van der Waals surface area contributed by atoms with E-state index >= 15 is 0 Å². The Kier molecular flexibility index (Phi) is 4.70. The van der Waals surface area contributed by atoms with Crippen molar-refractivity contribution in [2.24, 2.45) is 0 Å². The highest BCUT2D eigenvalue weighted by molar-refractivity contribution is 5.68. The zero-order valence-electron chi connectivity index (χ0n) is 14.3. The van der Waals surface area contributed by atoms with Gasteiger partial charge < -0.3 is 14.8 Å². The monoisotopic (exact) mass is 337 g/mol. The van der Waals surface area contributed by atoms with Gasteiger partial charge in [-0.15, -0.1) is 0 Å². The molecule has 3 aromatic rings. The summed E-state index contributed by atoms with van der Waals surface area (Å²) in [5.74, 6) is 1.23. The first kappa shape index (κ1) is 16.6. The van der Waals surface area contributed by atoms with Gasteiger partial charge in [0.2, 0.25) is 0 Å². The number of anilines is 2. The maximum Gasteiger partial charge on any atom is 0.513 e. The summed E-state index contributed by atoms with van der Waals surface area (Å²) in [4.78, 5) is 11.3. The number of aromatic nitrogens is 2. The molecule has 25 heavy (non-hydrogen) atoms. The summed E-state index contributed by atoms with van der Waals surface area (Å²) in [7, 11) is 1.28. The molecule has 0 spiro atoms. The molecular weight excluding hydrogens is 318 g/mol. The molecule has 1 heterocycles. The van der Waals surface area contributed by atoms with Gasteiger partial charge >= 0.3 is 6.16 Å². The van der Waals surface area contributed by atoms with E-state index in [9.17, 15) is 4.79 Å². The van der Waals surface area contributed by atoms with Crippen LogP contribution in [0.3, 0.4) is 0 Å². The smallest absolute Gasteiger partial charge is 0.437 e. The molecule has 0 saturated carbocycles. The molecule has 0 saturated heterocycles. The van der Waals surface area contributed by atoms with Crippen LogP contribution in [0.4, 0.5) is 16.3 Å². The van der Waals surface area contributed by atoms with Crippen molar-refractivity contribution in [1.29, 1.82) is 0 Å². The number of carbonyl (C=O) groups is 1. The van der Waals surface area contributed by atoms with Gasteiger partial charge in [0.1, 0.15) is 5.75 Å². The fourth-order valence-electron chi connectivity index (χ4n) is 2.57. The molecule has 0 aliphatic heterocycles. The molecule has 128 valence electrons. The minimum Gasteiger partial charge on any atom is -0.437 e. The second-order valence-electron chi connectivity index (χ2n) is 5.60. The number of ether oxygens (including phenoxy) is 2. The van der Waals surface area contributed by atoms with Gasteiger partial charge in [-0.25, -0.2) is 9.48 Å². The van der Waals surface area contributed by atoms with E-state index in [1.807, 2.05) is 68.6 Å². The first-order valence-corrected chi connectivity index (χ1v) is 7.82. The van der Waals surface area contributed by atoms with Crippen LogP contribution in [0.15, 0.2) is 54.7 Å². The molecule has 0 aliphatic rings. The van der Waals surface area contributed by atoms with Gasteiger partial charge in [0, 0.05) is 18.0 Å². The van der Waals surface area contributed by atoms with E-state index in [-0.39, 0.29) is 0 Å². The van der Waals surface area contributed by atoms with Gasteiger partial charge in [-0.05, 0) is 49.2 Å². The van der Waals surface area contributed by atoms with Gasteiger partial charge in [-0.1, -0.05) is 18.2 Å². The van der Waals surface area contributed by atoms with E-state index < -0.39 is 6.16 Å². The minimum atomic E-state index is -0.728. The topological polar surface area (TPSA) is 65.4 Å². The molecule has 2 aromatic carbocycles. The molecule has 0 bridgehead atoms. The molecule has 0 unspecified atom stereocenters. The van der Waals surface area contributed by atoms with Gasteiger partial charge in [0.25, 0.3) is 0 Å². The third kappa shape index (κ3) is 3.80. The number of carbonyl (C=O) groups excluding carboxylic acids is 1. The lowest BCUT2D eigenvalue weighted by molar-refractivity contribution is 0.121. The van der Waals surface area contributed by atoms with Crippen molar-refractivity contribution in [1.82, 2.24) is 9.78 Å². The van der Waals surface area contributed by atoms with Crippen molar-refractivity contribution in [3.8, 4) is 11.4 Å². The molecule has 0 amide bonds. The van der Waals surface area contributed by atoms with Crippen LogP contribution in [0.25, 0.3) is 5.69 Å². The van der Waals surface area contributed by atoms with Crippen LogP contribution < -0.4 is 10.1 Å². The summed E-state index contributed by atoms with van der Waals surface area (Å²) >= 11 is 0. The third-order valence-corrected chi connectivity index (χ3v) is 3.69. The molecule has 0 atom stereocenters. The Bertz CT molecular complexity index is 865. The van der Waals surface area contributed by atoms with Crippen molar-refractivity contribution >= 4 is 17.7 Å². The van der Waals surface area contributed by atoms with Crippen LogP contribution >= 0.6 is 0 Å². The summed E-state index contributed by atoms with van der Waals surface area (Å²) in [5.41, 5.74) is 3.51.